The molecule has 0 aliphatic rings. The van der Waals surface area contributed by atoms with Crippen molar-refractivity contribution in [3.05, 3.63) is 66.0 Å². The largest absolute Gasteiger partial charge is 0.468 e. The van der Waals surface area contributed by atoms with Crippen LogP contribution in [0.3, 0.4) is 0 Å². The fraction of sp³-hybridized carbons (Fsp3) is 0.435. The highest BCUT2D eigenvalue weighted by Crippen LogP contribution is 2.08. The van der Waals surface area contributed by atoms with Crippen LogP contribution in [0.5, 0.6) is 0 Å². The summed E-state index contributed by atoms with van der Waals surface area (Å²) in [5, 5.41) is 6.14. The monoisotopic (exact) mass is 413 g/mol. The topological polar surface area (TPSA) is 89.5 Å². The molecule has 0 saturated heterocycles. The minimum Gasteiger partial charge on any atom is -0.468 e. The van der Waals surface area contributed by atoms with E-state index in [1.54, 1.807) is 12.4 Å². The summed E-state index contributed by atoms with van der Waals surface area (Å²) in [4.78, 5) is 28.6. The summed E-state index contributed by atoms with van der Waals surface area (Å²) in [6.07, 6.45) is 4.13. The first kappa shape index (κ1) is 23.3. The molecule has 2 rings (SSSR count). The number of carbonyl (C=O) groups excluding carboxylic acids is 2. The molecule has 0 fully saturated rings. The van der Waals surface area contributed by atoms with Gasteiger partial charge in [-0.2, -0.15) is 0 Å². The van der Waals surface area contributed by atoms with Crippen molar-refractivity contribution in [2.75, 3.05) is 13.7 Å². The number of benzene rings is 1. The molecule has 2 atom stereocenters. The van der Waals surface area contributed by atoms with Gasteiger partial charge in [-0.25, -0.2) is 4.79 Å². The highest BCUT2D eigenvalue weighted by atomic mass is 16.5. The zero-order valence-electron chi connectivity index (χ0n) is 17.8. The molecule has 0 spiro atoms. The van der Waals surface area contributed by atoms with Gasteiger partial charge in [0.1, 0.15) is 12.6 Å². The number of aromatic nitrogens is 1. The number of amides is 1. The maximum atomic E-state index is 12.3. The maximum absolute atomic E-state index is 12.3. The van der Waals surface area contributed by atoms with Crippen LogP contribution in [-0.4, -0.2) is 42.8 Å². The van der Waals surface area contributed by atoms with Gasteiger partial charge in [-0.05, 0) is 36.0 Å². The number of carbonyl (C=O) groups is 2. The highest BCUT2D eigenvalue weighted by Gasteiger charge is 2.22. The Kier molecular flexibility index (Phi) is 9.80. The fourth-order valence-corrected chi connectivity index (χ4v) is 3.11. The molecule has 1 aromatic heterocycles. The lowest BCUT2D eigenvalue weighted by Crippen LogP contribution is -2.48. The van der Waals surface area contributed by atoms with Crippen LogP contribution in [0.4, 0.5) is 4.79 Å². The highest BCUT2D eigenvalue weighted by molar-refractivity contribution is 5.76. The molecular weight excluding hydrogens is 382 g/mol. The van der Waals surface area contributed by atoms with Crippen LogP contribution >= 0.6 is 0 Å². The number of ether oxygens (including phenoxy) is 2. The zero-order chi connectivity index (χ0) is 21.8. The summed E-state index contributed by atoms with van der Waals surface area (Å²) >= 11 is 0. The van der Waals surface area contributed by atoms with Crippen molar-refractivity contribution < 1.29 is 19.1 Å². The van der Waals surface area contributed by atoms with Crippen LogP contribution in [0.1, 0.15) is 31.4 Å². The van der Waals surface area contributed by atoms with Crippen molar-refractivity contribution in [1.29, 1.82) is 0 Å². The SMILES string of the molecule is COC(=O)[C@H](Cc1cccnc1)NC[C@H](CC(C)C)NC(=O)OCc1ccccc1. The maximum Gasteiger partial charge on any atom is 0.407 e. The number of esters is 1. The molecule has 1 aromatic carbocycles. The Balaban J connectivity index is 1.92. The Morgan fingerprint density at radius 3 is 2.43 bits per heavy atom. The third kappa shape index (κ3) is 8.61. The number of methoxy groups -OCH3 is 1. The average molecular weight is 414 g/mol. The molecule has 7 nitrogen and oxygen atoms in total. The van der Waals surface area contributed by atoms with Gasteiger partial charge in [0.15, 0.2) is 0 Å². The summed E-state index contributed by atoms with van der Waals surface area (Å²) in [5.41, 5.74) is 1.85. The minimum atomic E-state index is -0.531. The van der Waals surface area contributed by atoms with Crippen molar-refractivity contribution >= 4 is 12.1 Å². The van der Waals surface area contributed by atoms with Crippen LogP contribution in [0.25, 0.3) is 0 Å². The number of hydrogen-bond donors (Lipinski definition) is 2. The smallest absolute Gasteiger partial charge is 0.407 e. The molecule has 162 valence electrons. The van der Waals surface area contributed by atoms with Crippen LogP contribution in [0, 0.1) is 5.92 Å². The van der Waals surface area contributed by atoms with Crippen LogP contribution in [0.15, 0.2) is 54.9 Å². The van der Waals surface area contributed by atoms with E-state index in [0.717, 1.165) is 17.5 Å². The van der Waals surface area contributed by atoms with Crippen molar-refractivity contribution in [3.63, 3.8) is 0 Å². The first-order valence-electron chi connectivity index (χ1n) is 10.1. The molecular formula is C23H31N3O4. The molecule has 30 heavy (non-hydrogen) atoms. The average Bonchev–Trinajstić information content (AvgIpc) is 2.75. The van der Waals surface area contributed by atoms with E-state index in [2.05, 4.69) is 29.5 Å². The summed E-state index contributed by atoms with van der Waals surface area (Å²) in [6, 6.07) is 12.5. The lowest BCUT2D eigenvalue weighted by atomic mass is 10.0. The third-order valence-electron chi connectivity index (χ3n) is 4.55. The standard InChI is InChI=1S/C23H31N3O4/c1-17(2)12-20(26-23(28)30-16-18-8-5-4-6-9-18)15-25-21(22(27)29-3)13-19-10-7-11-24-14-19/h4-11,14,17,20-21,25H,12-13,15-16H2,1-3H3,(H,26,28)/t20-,21-/m0/s1. The Labute approximate surface area is 178 Å². The summed E-state index contributed by atoms with van der Waals surface area (Å²) in [7, 11) is 1.37. The molecule has 0 bridgehead atoms. The molecule has 7 heteroatoms. The van der Waals surface area contributed by atoms with E-state index in [4.69, 9.17) is 9.47 Å². The van der Waals surface area contributed by atoms with Crippen molar-refractivity contribution in [2.24, 2.45) is 5.92 Å². The Morgan fingerprint density at radius 2 is 1.80 bits per heavy atom. The van der Waals surface area contributed by atoms with Gasteiger partial charge in [-0.1, -0.05) is 50.2 Å². The molecule has 0 radical (unpaired) electrons. The van der Waals surface area contributed by atoms with E-state index < -0.39 is 12.1 Å². The van der Waals surface area contributed by atoms with Gasteiger partial charge in [-0.15, -0.1) is 0 Å². The summed E-state index contributed by atoms with van der Waals surface area (Å²) in [6.45, 7) is 4.79. The Bertz CT molecular complexity index is 769. The lowest BCUT2D eigenvalue weighted by Gasteiger charge is -2.24. The van der Waals surface area contributed by atoms with Crippen LogP contribution in [0.2, 0.25) is 0 Å². The van der Waals surface area contributed by atoms with E-state index >= 15 is 0 Å². The third-order valence-corrected chi connectivity index (χ3v) is 4.55. The minimum absolute atomic E-state index is 0.186. The van der Waals surface area contributed by atoms with Crippen LogP contribution < -0.4 is 10.6 Å². The number of nitrogens with zero attached hydrogens (tertiary/aromatic N) is 1. The van der Waals surface area contributed by atoms with Crippen molar-refractivity contribution in [1.82, 2.24) is 15.6 Å². The number of hydrogen-bond acceptors (Lipinski definition) is 6. The van der Waals surface area contributed by atoms with E-state index in [-0.39, 0.29) is 18.6 Å². The predicted molar refractivity (Wildman–Crippen MR) is 115 cm³/mol. The number of rotatable bonds is 11. The quantitative estimate of drug-likeness (QED) is 0.550. The first-order chi connectivity index (χ1) is 14.5. The fourth-order valence-electron chi connectivity index (χ4n) is 3.11. The van der Waals surface area contributed by atoms with Gasteiger partial charge in [0, 0.05) is 25.0 Å². The molecule has 0 aliphatic carbocycles. The molecule has 2 N–H and O–H groups in total. The second kappa shape index (κ2) is 12.6. The van der Waals surface area contributed by atoms with E-state index in [0.29, 0.717) is 18.9 Å². The normalized spacial score (nSPS) is 12.8. The summed E-state index contributed by atoms with van der Waals surface area (Å²) in [5.74, 6) is 0.00919. The molecule has 0 unspecified atom stereocenters. The van der Waals surface area contributed by atoms with E-state index in [9.17, 15) is 9.59 Å². The number of alkyl carbamates (subject to hydrolysis) is 1. The second-order valence-corrected chi connectivity index (χ2v) is 7.58. The van der Waals surface area contributed by atoms with E-state index in [1.807, 2.05) is 42.5 Å². The van der Waals surface area contributed by atoms with Gasteiger partial charge in [0.05, 0.1) is 7.11 Å². The van der Waals surface area contributed by atoms with Gasteiger partial charge in [0.25, 0.3) is 0 Å². The molecule has 0 saturated carbocycles. The first-order valence-corrected chi connectivity index (χ1v) is 10.1. The number of nitrogens with one attached hydrogen (secondary N) is 2. The van der Waals surface area contributed by atoms with Crippen molar-refractivity contribution in [2.45, 2.75) is 45.4 Å². The van der Waals surface area contributed by atoms with Crippen molar-refractivity contribution in [3.8, 4) is 0 Å². The van der Waals surface area contributed by atoms with Gasteiger partial charge in [-0.3, -0.25) is 9.78 Å². The summed E-state index contributed by atoms with van der Waals surface area (Å²) < 4.78 is 10.3. The molecule has 1 heterocycles. The van der Waals surface area contributed by atoms with Gasteiger partial charge in [0.2, 0.25) is 0 Å². The predicted octanol–water partition coefficient (Wildman–Crippen LogP) is 3.10. The second-order valence-electron chi connectivity index (χ2n) is 7.58. The van der Waals surface area contributed by atoms with Gasteiger partial charge >= 0.3 is 12.1 Å². The lowest BCUT2D eigenvalue weighted by molar-refractivity contribution is -0.143. The Morgan fingerprint density at radius 1 is 1.07 bits per heavy atom. The Hall–Kier alpha value is -2.93. The zero-order valence-corrected chi connectivity index (χ0v) is 17.8. The molecule has 1 amide bonds. The number of pyridine rings is 1. The van der Waals surface area contributed by atoms with Crippen LogP contribution in [-0.2, 0) is 27.3 Å². The van der Waals surface area contributed by atoms with Gasteiger partial charge < -0.3 is 20.1 Å². The van der Waals surface area contributed by atoms with E-state index in [1.165, 1.54) is 7.11 Å². The molecule has 0 aliphatic heterocycles. The molecule has 2 aromatic rings.